The van der Waals surface area contributed by atoms with Crippen molar-refractivity contribution in [2.45, 2.75) is 59.4 Å². The predicted molar refractivity (Wildman–Crippen MR) is 77.0 cm³/mol. The summed E-state index contributed by atoms with van der Waals surface area (Å²) in [6.07, 6.45) is -3.16. The quantitative estimate of drug-likeness (QED) is 0.739. The molecule has 0 bridgehead atoms. The van der Waals surface area contributed by atoms with E-state index < -0.39 is 12.7 Å². The van der Waals surface area contributed by atoms with Gasteiger partial charge in [0.05, 0.1) is 13.1 Å². The second-order valence-electron chi connectivity index (χ2n) is 5.58. The van der Waals surface area contributed by atoms with Gasteiger partial charge in [0.15, 0.2) is 0 Å². The summed E-state index contributed by atoms with van der Waals surface area (Å²) in [5.41, 5.74) is 0.821. The minimum atomic E-state index is -4.19. The van der Waals surface area contributed by atoms with Gasteiger partial charge < -0.3 is 9.73 Å². The molecule has 0 aliphatic heterocycles. The molecule has 0 aromatic carbocycles. The Morgan fingerprint density at radius 1 is 1.33 bits per heavy atom. The van der Waals surface area contributed by atoms with Gasteiger partial charge in [0.1, 0.15) is 11.5 Å². The molecule has 1 N–H and O–H groups in total. The van der Waals surface area contributed by atoms with Crippen molar-refractivity contribution in [3.63, 3.8) is 0 Å². The Kier molecular flexibility index (Phi) is 6.74. The molecule has 1 aromatic rings. The second-order valence-corrected chi connectivity index (χ2v) is 5.58. The van der Waals surface area contributed by atoms with Gasteiger partial charge in [0.25, 0.3) is 0 Å². The average molecular weight is 306 g/mol. The molecule has 0 atom stereocenters. The fourth-order valence-corrected chi connectivity index (χ4v) is 2.09. The van der Waals surface area contributed by atoms with Gasteiger partial charge in [-0.3, -0.25) is 4.90 Å². The molecule has 0 aliphatic rings. The maximum absolute atomic E-state index is 12.6. The molecule has 0 aliphatic carbocycles. The molecule has 1 aromatic heterocycles. The van der Waals surface area contributed by atoms with Gasteiger partial charge in [-0.25, -0.2) is 0 Å². The zero-order valence-corrected chi connectivity index (χ0v) is 13.2. The normalized spacial score (nSPS) is 12.6. The Morgan fingerprint density at radius 3 is 2.52 bits per heavy atom. The minimum absolute atomic E-state index is 0.178. The van der Waals surface area contributed by atoms with Gasteiger partial charge in [0.2, 0.25) is 0 Å². The van der Waals surface area contributed by atoms with Crippen LogP contribution in [0.1, 0.15) is 44.3 Å². The number of nitrogens with one attached hydrogen (secondary N) is 1. The van der Waals surface area contributed by atoms with Crippen LogP contribution in [0, 0.1) is 6.92 Å². The van der Waals surface area contributed by atoms with Crippen LogP contribution in [0.3, 0.4) is 0 Å². The molecule has 122 valence electrons. The molecule has 6 heteroatoms. The fraction of sp³-hybridized carbons (Fsp3) is 0.733. The number of hydrogen-bond acceptors (Lipinski definition) is 3. The second kappa shape index (κ2) is 7.84. The van der Waals surface area contributed by atoms with E-state index in [2.05, 4.69) is 12.2 Å². The highest BCUT2D eigenvalue weighted by Crippen LogP contribution is 2.22. The van der Waals surface area contributed by atoms with Crippen LogP contribution < -0.4 is 5.32 Å². The number of hydrogen-bond donors (Lipinski definition) is 1. The van der Waals surface area contributed by atoms with E-state index in [0.29, 0.717) is 12.3 Å². The SMILES string of the molecule is CCCNCc1cc(CN(CC(F)(F)F)C(C)C)c(C)o1. The molecule has 1 heterocycles. The first kappa shape index (κ1) is 18.0. The van der Waals surface area contributed by atoms with Crippen molar-refractivity contribution in [1.82, 2.24) is 10.2 Å². The highest BCUT2D eigenvalue weighted by Gasteiger charge is 2.32. The molecule has 0 radical (unpaired) electrons. The van der Waals surface area contributed by atoms with Crippen LogP contribution in [0.5, 0.6) is 0 Å². The number of rotatable bonds is 8. The standard InChI is InChI=1S/C15H25F3N2O/c1-5-6-19-8-14-7-13(12(4)21-14)9-20(11(2)3)10-15(16,17)18/h7,11,19H,5-6,8-10H2,1-4H3. The van der Waals surface area contributed by atoms with Crippen molar-refractivity contribution in [1.29, 1.82) is 0 Å². The van der Waals surface area contributed by atoms with E-state index in [-0.39, 0.29) is 12.6 Å². The molecular weight excluding hydrogens is 281 g/mol. The summed E-state index contributed by atoms with van der Waals surface area (Å²) >= 11 is 0. The molecule has 0 spiro atoms. The lowest BCUT2D eigenvalue weighted by Gasteiger charge is -2.27. The maximum atomic E-state index is 12.6. The Labute approximate surface area is 124 Å². The highest BCUT2D eigenvalue weighted by atomic mass is 19.4. The van der Waals surface area contributed by atoms with Crippen LogP contribution >= 0.6 is 0 Å². The Hall–Kier alpha value is -1.01. The van der Waals surface area contributed by atoms with Crippen molar-refractivity contribution in [2.24, 2.45) is 0 Å². The first-order valence-electron chi connectivity index (χ1n) is 7.32. The van der Waals surface area contributed by atoms with Crippen LogP contribution in [0.25, 0.3) is 0 Å². The van der Waals surface area contributed by atoms with E-state index in [1.807, 2.05) is 6.07 Å². The number of furan rings is 1. The summed E-state index contributed by atoms with van der Waals surface area (Å²) < 4.78 is 43.4. The van der Waals surface area contributed by atoms with Crippen LogP contribution in [-0.4, -0.2) is 30.2 Å². The van der Waals surface area contributed by atoms with Crippen molar-refractivity contribution < 1.29 is 17.6 Å². The van der Waals surface area contributed by atoms with Crippen LogP contribution in [0.15, 0.2) is 10.5 Å². The highest BCUT2D eigenvalue weighted by molar-refractivity contribution is 5.21. The van der Waals surface area contributed by atoms with E-state index in [9.17, 15) is 13.2 Å². The number of alkyl halides is 3. The fourth-order valence-electron chi connectivity index (χ4n) is 2.09. The van der Waals surface area contributed by atoms with Gasteiger partial charge in [0, 0.05) is 18.2 Å². The Balaban J connectivity index is 2.70. The lowest BCUT2D eigenvalue weighted by Crippen LogP contribution is -2.38. The van der Waals surface area contributed by atoms with E-state index in [1.165, 1.54) is 4.90 Å². The first-order chi connectivity index (χ1) is 9.73. The third kappa shape index (κ3) is 6.52. The van der Waals surface area contributed by atoms with Gasteiger partial charge in [-0.1, -0.05) is 6.92 Å². The summed E-state index contributed by atoms with van der Waals surface area (Å²) in [6.45, 7) is 8.25. The summed E-state index contributed by atoms with van der Waals surface area (Å²) in [5, 5.41) is 3.22. The van der Waals surface area contributed by atoms with E-state index in [4.69, 9.17) is 4.42 Å². The van der Waals surface area contributed by atoms with Crippen molar-refractivity contribution in [3.05, 3.63) is 23.2 Å². The number of halogens is 3. The maximum Gasteiger partial charge on any atom is 0.401 e. The number of aryl methyl sites for hydroxylation is 1. The minimum Gasteiger partial charge on any atom is -0.465 e. The molecule has 0 unspecified atom stereocenters. The molecule has 21 heavy (non-hydrogen) atoms. The van der Waals surface area contributed by atoms with E-state index >= 15 is 0 Å². The smallest absolute Gasteiger partial charge is 0.401 e. The molecule has 0 fully saturated rings. The predicted octanol–water partition coefficient (Wildman–Crippen LogP) is 3.86. The molecule has 3 nitrogen and oxygen atoms in total. The number of nitrogens with zero attached hydrogens (tertiary/aromatic N) is 1. The molecule has 0 saturated heterocycles. The lowest BCUT2D eigenvalue weighted by molar-refractivity contribution is -0.150. The van der Waals surface area contributed by atoms with E-state index in [0.717, 1.165) is 24.3 Å². The van der Waals surface area contributed by atoms with Gasteiger partial charge in [-0.15, -0.1) is 0 Å². The summed E-state index contributed by atoms with van der Waals surface area (Å²) in [7, 11) is 0. The van der Waals surface area contributed by atoms with Crippen molar-refractivity contribution in [2.75, 3.05) is 13.1 Å². The van der Waals surface area contributed by atoms with Gasteiger partial charge >= 0.3 is 6.18 Å². The molecular formula is C15H25F3N2O. The third-order valence-corrected chi connectivity index (χ3v) is 3.28. The topological polar surface area (TPSA) is 28.4 Å². The van der Waals surface area contributed by atoms with Crippen molar-refractivity contribution >= 4 is 0 Å². The molecule has 0 saturated carbocycles. The lowest BCUT2D eigenvalue weighted by atomic mass is 10.2. The summed E-state index contributed by atoms with van der Waals surface area (Å²) in [4.78, 5) is 1.40. The molecule has 1 rings (SSSR count). The average Bonchev–Trinajstić information content (AvgIpc) is 2.68. The summed E-state index contributed by atoms with van der Waals surface area (Å²) in [5.74, 6) is 1.46. The summed E-state index contributed by atoms with van der Waals surface area (Å²) in [6, 6.07) is 1.67. The third-order valence-electron chi connectivity index (χ3n) is 3.28. The molecule has 0 amide bonds. The first-order valence-corrected chi connectivity index (χ1v) is 7.32. The zero-order chi connectivity index (χ0) is 16.0. The van der Waals surface area contributed by atoms with Gasteiger partial charge in [-0.05, 0) is 39.8 Å². The van der Waals surface area contributed by atoms with Crippen LogP contribution in [0.2, 0.25) is 0 Å². The van der Waals surface area contributed by atoms with Crippen molar-refractivity contribution in [3.8, 4) is 0 Å². The monoisotopic (exact) mass is 306 g/mol. The largest absolute Gasteiger partial charge is 0.465 e. The van der Waals surface area contributed by atoms with Crippen LogP contribution in [0.4, 0.5) is 13.2 Å². The Morgan fingerprint density at radius 2 is 2.00 bits per heavy atom. The van der Waals surface area contributed by atoms with Crippen LogP contribution in [-0.2, 0) is 13.1 Å². The zero-order valence-electron chi connectivity index (χ0n) is 13.2. The van der Waals surface area contributed by atoms with Gasteiger partial charge in [-0.2, -0.15) is 13.2 Å². The van der Waals surface area contributed by atoms with E-state index in [1.54, 1.807) is 20.8 Å². The Bertz CT molecular complexity index is 427.